The molecule has 0 spiro atoms. The van der Waals surface area contributed by atoms with Crippen LogP contribution >= 0.6 is 35.1 Å². The van der Waals surface area contributed by atoms with Gasteiger partial charge in [-0.05, 0) is 97.1 Å². The molecule has 0 unspecified atom stereocenters. The number of benzene rings is 5. The minimum Gasteiger partial charge on any atom is -0.482 e. The molecule has 0 radical (unpaired) electrons. The van der Waals surface area contributed by atoms with Crippen LogP contribution in [0.4, 0.5) is 5.69 Å². The van der Waals surface area contributed by atoms with Crippen molar-refractivity contribution in [3.8, 4) is 5.75 Å². The third kappa shape index (κ3) is 17.1. The van der Waals surface area contributed by atoms with Gasteiger partial charge in [0.1, 0.15) is 5.75 Å². The number of aryl methyl sites for hydroxylation is 2. The first-order valence-corrected chi connectivity index (χ1v) is 19.1. The van der Waals surface area contributed by atoms with Crippen molar-refractivity contribution in [3.05, 3.63) is 159 Å². The van der Waals surface area contributed by atoms with Gasteiger partial charge >= 0.3 is 25.5 Å². The fraction of sp³-hybridized carbons (Fsp3) is 0.150. The lowest BCUT2D eigenvalue weighted by atomic mass is 9.98. The second-order valence-corrected chi connectivity index (χ2v) is 14.5. The van der Waals surface area contributed by atoms with Crippen LogP contribution in [0.15, 0.2) is 126 Å². The maximum absolute atomic E-state index is 12.1. The van der Waals surface area contributed by atoms with Crippen LogP contribution in [-0.4, -0.2) is 55.5 Å². The molecule has 55 heavy (non-hydrogen) atoms. The van der Waals surface area contributed by atoms with Gasteiger partial charge in [0.25, 0.3) is 5.91 Å². The molecular formula is C40H40BrClNO11P. The molecule has 290 valence electrons. The third-order valence-corrected chi connectivity index (χ3v) is 9.54. The summed E-state index contributed by atoms with van der Waals surface area (Å²) in [5, 5.41) is 29.3. The molecule has 1 amide bonds. The van der Waals surface area contributed by atoms with E-state index >= 15 is 0 Å². The maximum atomic E-state index is 12.1. The summed E-state index contributed by atoms with van der Waals surface area (Å²) >= 11 is 8.98. The van der Waals surface area contributed by atoms with Crippen LogP contribution in [0.3, 0.4) is 0 Å². The molecule has 15 heteroatoms. The molecule has 0 bridgehead atoms. The zero-order valence-corrected chi connectivity index (χ0v) is 33.2. The van der Waals surface area contributed by atoms with Gasteiger partial charge in [-0.15, -0.1) is 0 Å². The van der Waals surface area contributed by atoms with Crippen molar-refractivity contribution in [2.24, 2.45) is 0 Å². The average molecular weight is 857 g/mol. The van der Waals surface area contributed by atoms with E-state index in [4.69, 9.17) is 41.4 Å². The van der Waals surface area contributed by atoms with Crippen molar-refractivity contribution in [1.82, 2.24) is 0 Å². The first-order valence-electron chi connectivity index (χ1n) is 16.3. The molecule has 12 nitrogen and oxygen atoms in total. The number of aromatic carboxylic acids is 1. The number of anilines is 1. The number of hydrogen-bond donors (Lipinski definition) is 6. The number of carbonyl (C=O) groups excluding carboxylic acids is 1. The SMILES string of the molecule is C[C@H](CC(=O)O)c1ccccc1.Cc1cc(NC(=O)c2ccccc2C(=O)O)ccc1Br.Cc1ccccc1P(=O)(O)O.O=C(O)COc1ccc(Cl)cc1. The Kier molecular flexibility index (Phi) is 19.0. The number of carboxylic acids is 3. The Balaban J connectivity index is 0.000000263. The lowest BCUT2D eigenvalue weighted by molar-refractivity contribution is -0.139. The predicted octanol–water partition coefficient (Wildman–Crippen LogP) is 8.57. The van der Waals surface area contributed by atoms with Gasteiger partial charge < -0.3 is 35.2 Å². The number of halogens is 2. The van der Waals surface area contributed by atoms with Crippen molar-refractivity contribution >= 4 is 69.9 Å². The van der Waals surface area contributed by atoms with E-state index < -0.39 is 31.4 Å². The van der Waals surface area contributed by atoms with E-state index in [1.807, 2.05) is 56.3 Å². The largest absolute Gasteiger partial charge is 0.482 e. The van der Waals surface area contributed by atoms with Crippen LogP contribution < -0.4 is 15.4 Å². The molecule has 6 N–H and O–H groups in total. The first kappa shape index (κ1) is 45.9. The monoisotopic (exact) mass is 855 g/mol. The van der Waals surface area contributed by atoms with E-state index in [0.717, 1.165) is 15.6 Å². The number of carbonyl (C=O) groups is 4. The molecule has 5 aromatic rings. The Bertz CT molecular complexity index is 2090. The molecule has 0 aliphatic heterocycles. The highest BCUT2D eigenvalue weighted by Crippen LogP contribution is 2.34. The smallest absolute Gasteiger partial charge is 0.356 e. The lowest BCUT2D eigenvalue weighted by Crippen LogP contribution is -2.16. The van der Waals surface area contributed by atoms with Gasteiger partial charge in [0.2, 0.25) is 0 Å². The Hall–Kier alpha value is -5.30. The third-order valence-electron chi connectivity index (χ3n) is 7.27. The molecule has 0 aliphatic carbocycles. The topological polar surface area (TPSA) is 208 Å². The van der Waals surface area contributed by atoms with Gasteiger partial charge in [0.15, 0.2) is 6.61 Å². The van der Waals surface area contributed by atoms with Gasteiger partial charge in [-0.3, -0.25) is 14.2 Å². The number of amides is 1. The molecule has 0 aromatic heterocycles. The van der Waals surface area contributed by atoms with Crippen LogP contribution in [0, 0.1) is 13.8 Å². The van der Waals surface area contributed by atoms with Crippen molar-refractivity contribution < 1.29 is 53.6 Å². The minimum absolute atomic E-state index is 0.0150. The summed E-state index contributed by atoms with van der Waals surface area (Å²) in [5.74, 6) is -2.70. The lowest BCUT2D eigenvalue weighted by Gasteiger charge is -2.09. The quantitative estimate of drug-likeness (QED) is 0.0734. The second-order valence-electron chi connectivity index (χ2n) is 11.6. The summed E-state index contributed by atoms with van der Waals surface area (Å²) in [6.45, 7) is 5.17. The Labute approximate surface area is 331 Å². The Morgan fingerprint density at radius 2 is 1.31 bits per heavy atom. The first-order chi connectivity index (χ1) is 25.9. The zero-order chi connectivity index (χ0) is 41.1. The minimum atomic E-state index is -4.06. The fourth-order valence-electron chi connectivity index (χ4n) is 4.52. The summed E-state index contributed by atoms with van der Waals surface area (Å²) < 4.78 is 16.6. The Morgan fingerprint density at radius 1 is 0.745 bits per heavy atom. The Morgan fingerprint density at radius 3 is 1.82 bits per heavy atom. The van der Waals surface area contributed by atoms with Crippen LogP contribution in [0.25, 0.3) is 0 Å². The second kappa shape index (κ2) is 22.8. The van der Waals surface area contributed by atoms with Crippen molar-refractivity contribution in [1.29, 1.82) is 0 Å². The van der Waals surface area contributed by atoms with Crippen LogP contribution in [-0.2, 0) is 14.2 Å². The van der Waals surface area contributed by atoms with Gasteiger partial charge in [0, 0.05) is 15.2 Å². The molecule has 5 aromatic carbocycles. The predicted molar refractivity (Wildman–Crippen MR) is 215 cm³/mol. The highest BCUT2D eigenvalue weighted by molar-refractivity contribution is 9.10. The van der Waals surface area contributed by atoms with Crippen LogP contribution in [0.2, 0.25) is 5.02 Å². The van der Waals surface area contributed by atoms with E-state index in [2.05, 4.69) is 21.2 Å². The zero-order valence-electron chi connectivity index (χ0n) is 29.9. The highest BCUT2D eigenvalue weighted by Gasteiger charge is 2.18. The summed E-state index contributed by atoms with van der Waals surface area (Å²) in [4.78, 5) is 61.3. The number of aliphatic carboxylic acids is 2. The van der Waals surface area contributed by atoms with Gasteiger partial charge in [-0.2, -0.15) is 0 Å². The van der Waals surface area contributed by atoms with Gasteiger partial charge in [-0.25, -0.2) is 9.59 Å². The standard InChI is InChI=1S/C15H12BrNO3.C10H12O2.C8H7ClO3.C7H9O3P/c1-9-8-10(6-7-13(9)16)17-14(18)11-4-2-3-5-12(11)15(19)20;1-8(7-10(11)12)9-5-3-2-4-6-9;9-6-1-3-7(4-2-6)12-5-8(10)11;1-6-4-2-3-5-7(6)11(8,9)10/h2-8H,1H3,(H,17,18)(H,19,20);2-6,8H,7H2,1H3,(H,11,12);1-4H,5H2,(H,10,11);2-5H,1H3,(H2,8,9,10)/t;8-;;/m.1../s1. The average Bonchev–Trinajstić information content (AvgIpc) is 3.13. The van der Waals surface area contributed by atoms with E-state index in [1.54, 1.807) is 67.6 Å². The van der Waals surface area contributed by atoms with E-state index in [-0.39, 0.29) is 35.4 Å². The molecular weight excluding hydrogens is 817 g/mol. The summed E-state index contributed by atoms with van der Waals surface area (Å²) in [7, 11) is -4.06. The number of nitrogens with one attached hydrogen (secondary N) is 1. The molecule has 0 heterocycles. The summed E-state index contributed by atoms with van der Waals surface area (Å²) in [6, 6.07) is 34.2. The van der Waals surface area contributed by atoms with Gasteiger partial charge in [-0.1, -0.05) is 95.1 Å². The molecule has 0 saturated carbocycles. The van der Waals surface area contributed by atoms with Crippen molar-refractivity contribution in [2.75, 3.05) is 11.9 Å². The van der Waals surface area contributed by atoms with Crippen LogP contribution in [0.5, 0.6) is 5.75 Å². The highest BCUT2D eigenvalue weighted by atomic mass is 79.9. The van der Waals surface area contributed by atoms with Crippen molar-refractivity contribution in [3.63, 3.8) is 0 Å². The van der Waals surface area contributed by atoms with Crippen molar-refractivity contribution in [2.45, 2.75) is 33.1 Å². The van der Waals surface area contributed by atoms with Gasteiger partial charge in [0.05, 0.1) is 22.9 Å². The maximum Gasteiger partial charge on any atom is 0.356 e. The van der Waals surface area contributed by atoms with E-state index in [1.165, 1.54) is 18.2 Å². The molecule has 0 saturated heterocycles. The summed E-state index contributed by atoms with van der Waals surface area (Å²) in [5.41, 5.74) is 3.44. The fourth-order valence-corrected chi connectivity index (χ4v) is 5.70. The number of ether oxygens (including phenoxy) is 1. The molecule has 1 atom stereocenters. The normalized spacial score (nSPS) is 10.7. The molecule has 5 rings (SSSR count). The molecule has 0 fully saturated rings. The van der Waals surface area contributed by atoms with E-state index in [0.29, 0.717) is 22.0 Å². The molecule has 0 aliphatic rings. The van der Waals surface area contributed by atoms with E-state index in [9.17, 15) is 23.7 Å². The number of rotatable bonds is 10. The number of hydrogen-bond acceptors (Lipinski definition) is 6. The number of carboxylic acid groups (broad SMARTS) is 3. The summed E-state index contributed by atoms with van der Waals surface area (Å²) in [6.07, 6.45) is 0.198. The van der Waals surface area contributed by atoms with Crippen LogP contribution in [0.1, 0.15) is 56.7 Å².